The highest BCUT2D eigenvalue weighted by atomic mass is 32.1. The molecular formula is C12H11F2NO3S. The SMILES string of the molecule is O=C(O)c1c(F)ccc(N2CC(CS)CC2=O)c1F. The van der Waals surface area contributed by atoms with Crippen molar-refractivity contribution in [3.8, 4) is 0 Å². The van der Waals surface area contributed by atoms with Crippen molar-refractivity contribution >= 4 is 30.2 Å². The molecule has 1 atom stereocenters. The fourth-order valence-corrected chi connectivity index (χ4v) is 2.33. The predicted molar refractivity (Wildman–Crippen MR) is 67.6 cm³/mol. The summed E-state index contributed by atoms with van der Waals surface area (Å²) in [5.74, 6) is -3.95. The van der Waals surface area contributed by atoms with Gasteiger partial charge in [0, 0.05) is 13.0 Å². The molecule has 1 aromatic rings. The number of halogens is 2. The van der Waals surface area contributed by atoms with Crippen LogP contribution in [0.4, 0.5) is 14.5 Å². The molecule has 1 N–H and O–H groups in total. The molecule has 1 aliphatic rings. The Kier molecular flexibility index (Phi) is 3.75. The van der Waals surface area contributed by atoms with Gasteiger partial charge in [-0.25, -0.2) is 13.6 Å². The fourth-order valence-electron chi connectivity index (χ4n) is 2.08. The normalized spacial score (nSPS) is 19.0. The van der Waals surface area contributed by atoms with Gasteiger partial charge in [0.25, 0.3) is 0 Å². The van der Waals surface area contributed by atoms with Crippen molar-refractivity contribution in [2.45, 2.75) is 6.42 Å². The van der Waals surface area contributed by atoms with E-state index in [0.717, 1.165) is 17.0 Å². The van der Waals surface area contributed by atoms with E-state index in [0.29, 0.717) is 5.75 Å². The van der Waals surface area contributed by atoms with E-state index in [1.54, 1.807) is 0 Å². The zero-order valence-electron chi connectivity index (χ0n) is 9.77. The van der Waals surface area contributed by atoms with Crippen LogP contribution in [0.25, 0.3) is 0 Å². The van der Waals surface area contributed by atoms with Crippen molar-refractivity contribution in [1.29, 1.82) is 0 Å². The minimum Gasteiger partial charge on any atom is -0.477 e. The molecule has 1 fully saturated rings. The van der Waals surface area contributed by atoms with Gasteiger partial charge in [-0.05, 0) is 23.8 Å². The maximum Gasteiger partial charge on any atom is 0.341 e. The molecule has 1 aliphatic heterocycles. The third-order valence-electron chi connectivity index (χ3n) is 3.04. The average Bonchev–Trinajstić information content (AvgIpc) is 2.70. The third-order valence-corrected chi connectivity index (χ3v) is 3.56. The number of amides is 1. The second-order valence-corrected chi connectivity index (χ2v) is 4.68. The van der Waals surface area contributed by atoms with Crippen LogP contribution < -0.4 is 4.90 Å². The molecule has 1 unspecified atom stereocenters. The first-order valence-corrected chi connectivity index (χ1v) is 6.21. The molecule has 0 aliphatic carbocycles. The summed E-state index contributed by atoms with van der Waals surface area (Å²) in [5.41, 5.74) is -1.24. The summed E-state index contributed by atoms with van der Waals surface area (Å²) in [6.07, 6.45) is 0.225. The molecule has 1 heterocycles. The lowest BCUT2D eigenvalue weighted by Gasteiger charge is -2.18. The molecular weight excluding hydrogens is 276 g/mol. The number of carboxylic acid groups (broad SMARTS) is 1. The lowest BCUT2D eigenvalue weighted by Crippen LogP contribution is -2.26. The van der Waals surface area contributed by atoms with E-state index in [4.69, 9.17) is 5.11 Å². The summed E-state index contributed by atoms with van der Waals surface area (Å²) in [6.45, 7) is 0.254. The minimum atomic E-state index is -1.70. The summed E-state index contributed by atoms with van der Waals surface area (Å²) in [5, 5.41) is 8.78. The van der Waals surface area contributed by atoms with E-state index in [9.17, 15) is 18.4 Å². The highest BCUT2D eigenvalue weighted by molar-refractivity contribution is 7.80. The van der Waals surface area contributed by atoms with Crippen molar-refractivity contribution in [1.82, 2.24) is 0 Å². The maximum atomic E-state index is 14.0. The van der Waals surface area contributed by atoms with Crippen LogP contribution in [-0.4, -0.2) is 29.3 Å². The first kappa shape index (κ1) is 13.8. The van der Waals surface area contributed by atoms with Gasteiger partial charge in [-0.3, -0.25) is 4.79 Å². The first-order chi connectivity index (χ1) is 8.95. The molecule has 1 amide bonds. The third kappa shape index (κ3) is 2.42. The van der Waals surface area contributed by atoms with Gasteiger partial charge in [-0.1, -0.05) is 0 Å². The van der Waals surface area contributed by atoms with Crippen LogP contribution in [0.2, 0.25) is 0 Å². The first-order valence-electron chi connectivity index (χ1n) is 5.58. The number of carbonyl (C=O) groups is 2. The molecule has 4 nitrogen and oxygen atoms in total. The molecule has 102 valence electrons. The number of anilines is 1. The summed E-state index contributed by atoms with van der Waals surface area (Å²) in [4.78, 5) is 23.7. The van der Waals surface area contributed by atoms with Crippen LogP contribution in [0.5, 0.6) is 0 Å². The predicted octanol–water partition coefficient (Wildman–Crippen LogP) is 1.95. The molecule has 0 aromatic heterocycles. The number of benzene rings is 1. The average molecular weight is 287 g/mol. The van der Waals surface area contributed by atoms with Crippen LogP contribution in [-0.2, 0) is 4.79 Å². The Labute approximate surface area is 113 Å². The van der Waals surface area contributed by atoms with Gasteiger partial charge in [0.05, 0.1) is 5.69 Å². The van der Waals surface area contributed by atoms with Crippen LogP contribution in [0.15, 0.2) is 12.1 Å². The molecule has 1 saturated heterocycles. The van der Waals surface area contributed by atoms with Gasteiger partial charge in [-0.2, -0.15) is 12.6 Å². The molecule has 0 saturated carbocycles. The number of thiol groups is 1. The van der Waals surface area contributed by atoms with E-state index >= 15 is 0 Å². The number of nitrogens with zero attached hydrogens (tertiary/aromatic N) is 1. The highest BCUT2D eigenvalue weighted by Gasteiger charge is 2.33. The van der Waals surface area contributed by atoms with Gasteiger partial charge in [0.15, 0.2) is 5.82 Å². The molecule has 19 heavy (non-hydrogen) atoms. The molecule has 1 aromatic carbocycles. The number of carbonyl (C=O) groups excluding carboxylic acids is 1. The van der Waals surface area contributed by atoms with Gasteiger partial charge in [0.1, 0.15) is 11.4 Å². The number of aromatic carboxylic acids is 1. The van der Waals surface area contributed by atoms with E-state index in [1.165, 1.54) is 0 Å². The molecule has 0 spiro atoms. The van der Waals surface area contributed by atoms with Gasteiger partial charge in [-0.15, -0.1) is 0 Å². The Morgan fingerprint density at radius 2 is 2.16 bits per heavy atom. The lowest BCUT2D eigenvalue weighted by molar-refractivity contribution is -0.117. The van der Waals surface area contributed by atoms with Gasteiger partial charge in [0.2, 0.25) is 5.91 Å². The van der Waals surface area contributed by atoms with E-state index < -0.39 is 23.2 Å². The Hall–Kier alpha value is -1.63. The number of hydrogen-bond acceptors (Lipinski definition) is 3. The zero-order chi connectivity index (χ0) is 14.2. The molecule has 7 heteroatoms. The fraction of sp³-hybridized carbons (Fsp3) is 0.333. The second-order valence-electron chi connectivity index (χ2n) is 4.32. The lowest BCUT2D eigenvalue weighted by atomic mass is 10.1. The van der Waals surface area contributed by atoms with Crippen molar-refractivity contribution in [2.24, 2.45) is 5.92 Å². The Morgan fingerprint density at radius 1 is 1.47 bits per heavy atom. The number of hydrogen-bond donors (Lipinski definition) is 2. The van der Waals surface area contributed by atoms with Gasteiger partial charge >= 0.3 is 5.97 Å². The van der Waals surface area contributed by atoms with Crippen molar-refractivity contribution in [2.75, 3.05) is 17.2 Å². The van der Waals surface area contributed by atoms with Crippen LogP contribution in [0, 0.1) is 17.6 Å². The van der Waals surface area contributed by atoms with Gasteiger partial charge < -0.3 is 10.0 Å². The van der Waals surface area contributed by atoms with E-state index in [1.807, 2.05) is 0 Å². The van der Waals surface area contributed by atoms with E-state index in [2.05, 4.69) is 12.6 Å². The van der Waals surface area contributed by atoms with Crippen LogP contribution >= 0.6 is 12.6 Å². The van der Waals surface area contributed by atoms with Crippen LogP contribution in [0.1, 0.15) is 16.8 Å². The number of rotatable bonds is 3. The summed E-state index contributed by atoms with van der Waals surface area (Å²) < 4.78 is 27.3. The minimum absolute atomic E-state index is 0.0198. The standard InChI is InChI=1S/C12H11F2NO3S/c13-7-1-2-8(11(14)10(7)12(17)18)15-4-6(5-19)3-9(15)16/h1-2,6,19H,3-5H2,(H,17,18). The highest BCUT2D eigenvalue weighted by Crippen LogP contribution is 2.30. The Bertz CT molecular complexity index is 550. The maximum absolute atomic E-state index is 14.0. The topological polar surface area (TPSA) is 57.6 Å². The van der Waals surface area contributed by atoms with Crippen LogP contribution in [0.3, 0.4) is 0 Å². The second kappa shape index (κ2) is 5.16. The Balaban J connectivity index is 2.44. The van der Waals surface area contributed by atoms with Crippen molar-refractivity contribution < 1.29 is 23.5 Å². The molecule has 0 radical (unpaired) electrons. The summed E-state index contributed by atoms with van der Waals surface area (Å²) >= 11 is 4.08. The number of carboxylic acids is 1. The quantitative estimate of drug-likeness (QED) is 0.835. The smallest absolute Gasteiger partial charge is 0.341 e. The van der Waals surface area contributed by atoms with E-state index in [-0.39, 0.29) is 30.5 Å². The zero-order valence-corrected chi connectivity index (χ0v) is 10.7. The summed E-state index contributed by atoms with van der Waals surface area (Å²) in [6, 6.07) is 1.93. The largest absolute Gasteiger partial charge is 0.477 e. The van der Waals surface area contributed by atoms with Crippen molar-refractivity contribution in [3.63, 3.8) is 0 Å². The molecule has 2 rings (SSSR count). The van der Waals surface area contributed by atoms with Crippen molar-refractivity contribution in [3.05, 3.63) is 29.3 Å². The molecule has 0 bridgehead atoms. The summed E-state index contributed by atoms with van der Waals surface area (Å²) in [7, 11) is 0. The Morgan fingerprint density at radius 3 is 2.68 bits per heavy atom. The monoisotopic (exact) mass is 287 g/mol.